The molecule has 25 heavy (non-hydrogen) atoms. The fourth-order valence-corrected chi connectivity index (χ4v) is 3.99. The molecular weight excluding hydrogens is 398 g/mol. The molecule has 6 heteroatoms. The highest BCUT2D eigenvalue weighted by Gasteiger charge is 2.29. The van der Waals surface area contributed by atoms with Crippen molar-refractivity contribution in [3.8, 4) is 11.3 Å². The molecule has 0 fully saturated rings. The van der Waals surface area contributed by atoms with Crippen molar-refractivity contribution in [1.82, 2.24) is 4.57 Å². The van der Waals surface area contributed by atoms with Crippen molar-refractivity contribution < 1.29 is 4.57 Å². The lowest BCUT2D eigenvalue weighted by Gasteiger charge is -2.02. The predicted octanol–water partition coefficient (Wildman–Crippen LogP) is 6.05. The first-order valence-corrected chi connectivity index (χ1v) is 9.55. The predicted molar refractivity (Wildman–Crippen MR) is 104 cm³/mol. The first-order valence-electron chi connectivity index (χ1n) is 8.04. The molecule has 1 aromatic heterocycles. The second kappa shape index (κ2) is 6.85. The SMILES string of the molecule is Clc1ccc(C[n+]2cc(-c3ccc(Cl)c(Cl)c3)n3c2CCC3)cc1Cl. The normalized spacial score (nSPS) is 13.3. The van der Waals surface area contributed by atoms with Crippen LogP contribution in [0.15, 0.2) is 42.6 Å². The molecule has 0 N–H and O–H groups in total. The fraction of sp³-hybridized carbons (Fsp3) is 0.211. The van der Waals surface area contributed by atoms with E-state index in [1.807, 2.05) is 36.4 Å². The Balaban J connectivity index is 1.74. The largest absolute Gasteiger partial charge is 0.257 e. The Morgan fingerprint density at radius 1 is 0.880 bits per heavy atom. The lowest BCUT2D eigenvalue weighted by Crippen LogP contribution is -2.36. The van der Waals surface area contributed by atoms with E-state index in [0.29, 0.717) is 20.1 Å². The number of hydrogen-bond acceptors (Lipinski definition) is 0. The molecule has 2 heterocycles. The van der Waals surface area contributed by atoms with E-state index in [0.717, 1.165) is 42.8 Å². The average Bonchev–Trinajstić information content (AvgIpc) is 3.18. The van der Waals surface area contributed by atoms with Gasteiger partial charge in [0.2, 0.25) is 0 Å². The van der Waals surface area contributed by atoms with Crippen LogP contribution in [0, 0.1) is 0 Å². The molecule has 2 nitrogen and oxygen atoms in total. The summed E-state index contributed by atoms with van der Waals surface area (Å²) in [6.45, 7) is 1.77. The van der Waals surface area contributed by atoms with Gasteiger partial charge < -0.3 is 0 Å². The first kappa shape index (κ1) is 17.2. The highest BCUT2D eigenvalue weighted by atomic mass is 35.5. The summed E-state index contributed by atoms with van der Waals surface area (Å²) < 4.78 is 4.64. The topological polar surface area (TPSA) is 8.81 Å². The molecule has 0 aliphatic carbocycles. The number of benzene rings is 2. The summed E-state index contributed by atoms with van der Waals surface area (Å²) in [5.41, 5.74) is 3.36. The zero-order valence-electron chi connectivity index (χ0n) is 13.3. The molecule has 0 spiro atoms. The lowest BCUT2D eigenvalue weighted by molar-refractivity contribution is -0.694. The number of imidazole rings is 1. The zero-order valence-corrected chi connectivity index (χ0v) is 16.3. The molecular formula is C19H15Cl4N2+. The van der Waals surface area contributed by atoms with Gasteiger partial charge in [0.25, 0.3) is 5.82 Å². The van der Waals surface area contributed by atoms with Crippen LogP contribution >= 0.6 is 46.4 Å². The molecule has 0 saturated carbocycles. The van der Waals surface area contributed by atoms with E-state index in [2.05, 4.69) is 15.3 Å². The van der Waals surface area contributed by atoms with E-state index in [1.54, 1.807) is 0 Å². The summed E-state index contributed by atoms with van der Waals surface area (Å²) in [4.78, 5) is 0. The lowest BCUT2D eigenvalue weighted by atomic mass is 10.1. The van der Waals surface area contributed by atoms with Crippen molar-refractivity contribution >= 4 is 46.4 Å². The van der Waals surface area contributed by atoms with Gasteiger partial charge in [-0.15, -0.1) is 0 Å². The number of fused-ring (bicyclic) bond motifs is 1. The number of nitrogens with zero attached hydrogens (tertiary/aromatic N) is 2. The second-order valence-corrected chi connectivity index (χ2v) is 7.82. The van der Waals surface area contributed by atoms with Gasteiger partial charge in [-0.3, -0.25) is 0 Å². The van der Waals surface area contributed by atoms with Crippen LogP contribution in [-0.4, -0.2) is 4.57 Å². The molecule has 0 unspecified atom stereocenters. The average molecular weight is 413 g/mol. The van der Waals surface area contributed by atoms with Crippen molar-refractivity contribution in [2.24, 2.45) is 0 Å². The van der Waals surface area contributed by atoms with Crippen LogP contribution in [0.1, 0.15) is 17.8 Å². The van der Waals surface area contributed by atoms with E-state index in [1.165, 1.54) is 5.82 Å². The van der Waals surface area contributed by atoms with Gasteiger partial charge >= 0.3 is 0 Å². The number of aromatic nitrogens is 2. The van der Waals surface area contributed by atoms with Gasteiger partial charge in [-0.2, -0.15) is 0 Å². The van der Waals surface area contributed by atoms with E-state index in [4.69, 9.17) is 46.4 Å². The molecule has 2 aromatic carbocycles. The van der Waals surface area contributed by atoms with Gasteiger partial charge in [0.1, 0.15) is 12.7 Å². The molecule has 128 valence electrons. The molecule has 0 amide bonds. The van der Waals surface area contributed by atoms with Gasteiger partial charge in [0.15, 0.2) is 5.69 Å². The minimum Gasteiger partial charge on any atom is -0.229 e. The molecule has 4 rings (SSSR count). The first-order chi connectivity index (χ1) is 12.0. The van der Waals surface area contributed by atoms with Crippen molar-refractivity contribution in [3.63, 3.8) is 0 Å². The highest BCUT2D eigenvalue weighted by molar-refractivity contribution is 6.42. The third kappa shape index (κ3) is 3.29. The van der Waals surface area contributed by atoms with Crippen molar-refractivity contribution in [2.45, 2.75) is 25.9 Å². The quantitative estimate of drug-likeness (QED) is 0.463. The summed E-state index contributed by atoms with van der Waals surface area (Å²) in [7, 11) is 0. The van der Waals surface area contributed by atoms with Crippen LogP contribution in [0.2, 0.25) is 20.1 Å². The minimum atomic E-state index is 0.572. The van der Waals surface area contributed by atoms with Crippen LogP contribution in [0.5, 0.6) is 0 Å². The molecule has 0 saturated heterocycles. The van der Waals surface area contributed by atoms with Gasteiger partial charge in [-0.25, -0.2) is 9.13 Å². The van der Waals surface area contributed by atoms with Crippen LogP contribution < -0.4 is 4.57 Å². The third-order valence-corrected chi connectivity index (χ3v) is 6.02. The Kier molecular flexibility index (Phi) is 4.72. The monoisotopic (exact) mass is 411 g/mol. The standard InChI is InChI=1S/C19H15Cl4N2/c20-14-5-3-12(8-16(14)22)10-24-11-18(25-7-1-2-19(24)25)13-4-6-15(21)17(23)9-13/h3-6,8-9,11H,1-2,7,10H2/q+1. The molecule has 1 aliphatic rings. The summed E-state index contributed by atoms with van der Waals surface area (Å²) in [6, 6.07) is 11.6. The van der Waals surface area contributed by atoms with Gasteiger partial charge in [0.05, 0.1) is 33.1 Å². The summed E-state index contributed by atoms with van der Waals surface area (Å²) in [5, 5.41) is 2.31. The highest BCUT2D eigenvalue weighted by Crippen LogP contribution is 2.31. The van der Waals surface area contributed by atoms with Crippen LogP contribution in [-0.2, 0) is 19.5 Å². The Hall–Kier alpha value is -1.19. The number of rotatable bonds is 3. The van der Waals surface area contributed by atoms with E-state index < -0.39 is 0 Å². The van der Waals surface area contributed by atoms with Crippen molar-refractivity contribution in [1.29, 1.82) is 0 Å². The maximum absolute atomic E-state index is 6.21. The summed E-state index contributed by atoms with van der Waals surface area (Å²) in [5.74, 6) is 1.31. The summed E-state index contributed by atoms with van der Waals surface area (Å²) in [6.07, 6.45) is 4.38. The van der Waals surface area contributed by atoms with Crippen LogP contribution in [0.25, 0.3) is 11.3 Å². The molecule has 0 radical (unpaired) electrons. The molecule has 0 bridgehead atoms. The Labute approximate surface area is 166 Å². The number of halogens is 4. The Morgan fingerprint density at radius 3 is 2.32 bits per heavy atom. The Morgan fingerprint density at radius 2 is 1.60 bits per heavy atom. The van der Waals surface area contributed by atoms with E-state index in [-0.39, 0.29) is 0 Å². The maximum Gasteiger partial charge on any atom is 0.257 e. The van der Waals surface area contributed by atoms with Gasteiger partial charge in [0, 0.05) is 5.56 Å². The molecule has 1 aliphatic heterocycles. The van der Waals surface area contributed by atoms with Gasteiger partial charge in [-0.1, -0.05) is 52.5 Å². The van der Waals surface area contributed by atoms with Crippen molar-refractivity contribution in [3.05, 3.63) is 74.1 Å². The smallest absolute Gasteiger partial charge is 0.229 e. The summed E-state index contributed by atoms with van der Waals surface area (Å²) >= 11 is 24.4. The van der Waals surface area contributed by atoms with Crippen molar-refractivity contribution in [2.75, 3.05) is 0 Å². The molecule has 0 atom stereocenters. The zero-order chi connectivity index (χ0) is 17.6. The number of hydrogen-bond donors (Lipinski definition) is 0. The minimum absolute atomic E-state index is 0.572. The maximum atomic E-state index is 6.21. The fourth-order valence-electron chi connectivity index (χ4n) is 3.37. The molecule has 3 aromatic rings. The van der Waals surface area contributed by atoms with Gasteiger partial charge in [-0.05, 0) is 42.3 Å². The van der Waals surface area contributed by atoms with E-state index in [9.17, 15) is 0 Å². The van der Waals surface area contributed by atoms with Crippen LogP contribution in [0.4, 0.5) is 0 Å². The third-order valence-electron chi connectivity index (χ3n) is 4.55. The van der Waals surface area contributed by atoms with E-state index >= 15 is 0 Å². The second-order valence-electron chi connectivity index (χ2n) is 6.19. The Bertz CT molecular complexity index is 962. The van der Waals surface area contributed by atoms with Crippen LogP contribution in [0.3, 0.4) is 0 Å².